The van der Waals surface area contributed by atoms with Gasteiger partial charge in [0.25, 0.3) is 0 Å². The summed E-state index contributed by atoms with van der Waals surface area (Å²) in [6, 6.07) is -0.0472. The van der Waals surface area contributed by atoms with Crippen LogP contribution in [0.15, 0.2) is 0 Å². The van der Waals surface area contributed by atoms with E-state index in [2.05, 4.69) is 0 Å². The highest BCUT2D eigenvalue weighted by molar-refractivity contribution is 5.73. The zero-order valence-corrected chi connectivity index (χ0v) is 10.6. The highest BCUT2D eigenvalue weighted by Crippen LogP contribution is 2.24. The van der Waals surface area contributed by atoms with Crippen LogP contribution in [0.4, 0.5) is 0 Å². The van der Waals surface area contributed by atoms with Gasteiger partial charge in [-0.05, 0) is 26.7 Å². The number of nitrogens with zero attached hydrogens (tertiary/aromatic N) is 1. The molecule has 94 valence electrons. The topological polar surface area (TPSA) is 66.6 Å². The van der Waals surface area contributed by atoms with Gasteiger partial charge in [0.05, 0.1) is 12.1 Å². The summed E-state index contributed by atoms with van der Waals surface area (Å²) < 4.78 is 0. The minimum atomic E-state index is -0.414. The summed E-state index contributed by atoms with van der Waals surface area (Å²) >= 11 is 0. The Labute approximate surface area is 97.8 Å². The monoisotopic (exact) mass is 228 g/mol. The molecule has 1 aliphatic rings. The molecular weight excluding hydrogens is 204 g/mol. The SMILES string of the molecule is CC(=O)N(CC(C)(C)N)[C@@H]1CCCC[C@H]1O. The maximum atomic E-state index is 11.6. The fourth-order valence-corrected chi connectivity index (χ4v) is 2.36. The minimum absolute atomic E-state index is 0.00414. The second-order valence-electron chi connectivity index (χ2n) is 5.55. The number of hydrogen-bond acceptors (Lipinski definition) is 3. The second-order valence-corrected chi connectivity index (χ2v) is 5.55. The first-order chi connectivity index (χ1) is 7.31. The second kappa shape index (κ2) is 5.15. The highest BCUT2D eigenvalue weighted by atomic mass is 16.3. The lowest BCUT2D eigenvalue weighted by atomic mass is 9.90. The van der Waals surface area contributed by atoms with Crippen LogP contribution < -0.4 is 5.73 Å². The van der Waals surface area contributed by atoms with Crippen LogP contribution in [-0.2, 0) is 4.79 Å². The highest BCUT2D eigenvalue weighted by Gasteiger charge is 2.32. The predicted octanol–water partition coefficient (Wildman–Crippen LogP) is 0.876. The normalized spacial score (nSPS) is 26.6. The number of nitrogens with two attached hydrogens (primary N) is 1. The van der Waals surface area contributed by atoms with Crippen LogP contribution in [0.5, 0.6) is 0 Å². The van der Waals surface area contributed by atoms with Crippen molar-refractivity contribution in [1.82, 2.24) is 4.90 Å². The molecule has 0 spiro atoms. The first kappa shape index (κ1) is 13.5. The van der Waals surface area contributed by atoms with Gasteiger partial charge in [-0.3, -0.25) is 4.79 Å². The van der Waals surface area contributed by atoms with Crippen molar-refractivity contribution in [3.63, 3.8) is 0 Å². The van der Waals surface area contributed by atoms with Crippen molar-refractivity contribution in [1.29, 1.82) is 0 Å². The van der Waals surface area contributed by atoms with E-state index in [0.29, 0.717) is 6.54 Å². The zero-order valence-electron chi connectivity index (χ0n) is 10.6. The molecule has 1 aliphatic carbocycles. The molecule has 0 aromatic heterocycles. The predicted molar refractivity (Wildman–Crippen MR) is 63.9 cm³/mol. The molecular formula is C12H24N2O2. The number of hydrogen-bond donors (Lipinski definition) is 2. The maximum absolute atomic E-state index is 11.6. The van der Waals surface area contributed by atoms with E-state index < -0.39 is 5.54 Å². The summed E-state index contributed by atoms with van der Waals surface area (Å²) in [4.78, 5) is 13.4. The van der Waals surface area contributed by atoms with E-state index in [-0.39, 0.29) is 18.1 Å². The molecule has 0 saturated heterocycles. The van der Waals surface area contributed by atoms with Crippen molar-refractivity contribution in [3.05, 3.63) is 0 Å². The van der Waals surface area contributed by atoms with E-state index >= 15 is 0 Å². The summed E-state index contributed by atoms with van der Waals surface area (Å²) in [6.45, 7) is 5.85. The molecule has 0 bridgehead atoms. The molecule has 2 atom stereocenters. The van der Waals surface area contributed by atoms with Gasteiger partial charge in [0.2, 0.25) is 5.91 Å². The van der Waals surface area contributed by atoms with E-state index in [1.807, 2.05) is 13.8 Å². The maximum Gasteiger partial charge on any atom is 0.219 e. The van der Waals surface area contributed by atoms with Crippen molar-refractivity contribution >= 4 is 5.91 Å². The van der Waals surface area contributed by atoms with Crippen LogP contribution >= 0.6 is 0 Å². The standard InChI is InChI=1S/C12H24N2O2/c1-9(15)14(8-12(2,3)13)10-6-4-5-7-11(10)16/h10-11,16H,4-8,13H2,1-3H3/t10-,11-/m1/s1. The lowest BCUT2D eigenvalue weighted by Crippen LogP contribution is -2.55. The molecule has 1 rings (SSSR count). The number of aliphatic hydroxyl groups excluding tert-OH is 1. The third-order valence-electron chi connectivity index (χ3n) is 3.08. The molecule has 0 aromatic carbocycles. The van der Waals surface area contributed by atoms with E-state index in [4.69, 9.17) is 5.73 Å². The minimum Gasteiger partial charge on any atom is -0.391 e. The fraction of sp³-hybridized carbons (Fsp3) is 0.917. The fourth-order valence-electron chi connectivity index (χ4n) is 2.36. The average Bonchev–Trinajstić information content (AvgIpc) is 2.13. The number of amides is 1. The van der Waals surface area contributed by atoms with Crippen LogP contribution in [0.3, 0.4) is 0 Å². The summed E-state index contributed by atoms with van der Waals surface area (Å²) in [5.74, 6) is 0.00414. The third kappa shape index (κ3) is 3.76. The van der Waals surface area contributed by atoms with E-state index in [0.717, 1.165) is 25.7 Å². The van der Waals surface area contributed by atoms with Gasteiger partial charge in [0.1, 0.15) is 0 Å². The van der Waals surface area contributed by atoms with Crippen molar-refractivity contribution in [2.75, 3.05) is 6.54 Å². The van der Waals surface area contributed by atoms with Crippen LogP contribution in [0.1, 0.15) is 46.5 Å². The Bertz CT molecular complexity index is 248. The molecule has 16 heavy (non-hydrogen) atoms. The average molecular weight is 228 g/mol. The Hall–Kier alpha value is -0.610. The smallest absolute Gasteiger partial charge is 0.219 e. The quantitative estimate of drug-likeness (QED) is 0.753. The van der Waals surface area contributed by atoms with Gasteiger partial charge in [-0.15, -0.1) is 0 Å². The molecule has 0 radical (unpaired) electrons. The Morgan fingerprint density at radius 1 is 1.44 bits per heavy atom. The van der Waals surface area contributed by atoms with Crippen molar-refractivity contribution < 1.29 is 9.90 Å². The number of carbonyl (C=O) groups is 1. The molecule has 1 fully saturated rings. The molecule has 0 heterocycles. The van der Waals surface area contributed by atoms with Gasteiger partial charge in [0, 0.05) is 19.0 Å². The van der Waals surface area contributed by atoms with Gasteiger partial charge in [-0.2, -0.15) is 0 Å². The van der Waals surface area contributed by atoms with Gasteiger partial charge >= 0.3 is 0 Å². The molecule has 0 aliphatic heterocycles. The molecule has 4 heteroatoms. The van der Waals surface area contributed by atoms with Crippen molar-refractivity contribution in [3.8, 4) is 0 Å². The van der Waals surface area contributed by atoms with Gasteiger partial charge in [0.15, 0.2) is 0 Å². The lowest BCUT2D eigenvalue weighted by molar-refractivity contribution is -0.136. The molecule has 3 N–H and O–H groups in total. The van der Waals surface area contributed by atoms with E-state index in [1.54, 1.807) is 11.8 Å². The molecule has 1 saturated carbocycles. The largest absolute Gasteiger partial charge is 0.391 e. The van der Waals surface area contributed by atoms with Crippen molar-refractivity contribution in [2.45, 2.75) is 64.1 Å². The Morgan fingerprint density at radius 2 is 2.00 bits per heavy atom. The zero-order chi connectivity index (χ0) is 12.3. The molecule has 0 unspecified atom stereocenters. The first-order valence-electron chi connectivity index (χ1n) is 6.05. The summed E-state index contributed by atoms with van der Waals surface area (Å²) in [5, 5.41) is 9.95. The van der Waals surface area contributed by atoms with Gasteiger partial charge in [-0.25, -0.2) is 0 Å². The van der Waals surface area contributed by atoms with Gasteiger partial charge in [-0.1, -0.05) is 12.8 Å². The van der Waals surface area contributed by atoms with Crippen LogP contribution in [-0.4, -0.2) is 40.1 Å². The van der Waals surface area contributed by atoms with Crippen molar-refractivity contribution in [2.24, 2.45) is 5.73 Å². The van der Waals surface area contributed by atoms with Crippen LogP contribution in [0.2, 0.25) is 0 Å². The third-order valence-corrected chi connectivity index (χ3v) is 3.08. The Balaban J connectivity index is 2.72. The van der Waals surface area contributed by atoms with Crippen LogP contribution in [0.25, 0.3) is 0 Å². The summed E-state index contributed by atoms with van der Waals surface area (Å²) in [6.07, 6.45) is 3.42. The summed E-state index contributed by atoms with van der Waals surface area (Å²) in [7, 11) is 0. The lowest BCUT2D eigenvalue weighted by Gasteiger charge is -2.40. The first-order valence-corrected chi connectivity index (χ1v) is 6.05. The Kier molecular flexibility index (Phi) is 4.33. The molecule has 4 nitrogen and oxygen atoms in total. The number of carbonyl (C=O) groups excluding carboxylic acids is 1. The molecule has 1 amide bonds. The number of rotatable bonds is 3. The van der Waals surface area contributed by atoms with E-state index in [9.17, 15) is 9.90 Å². The van der Waals surface area contributed by atoms with Crippen LogP contribution in [0, 0.1) is 0 Å². The summed E-state index contributed by atoms with van der Waals surface area (Å²) in [5.41, 5.74) is 5.54. The Morgan fingerprint density at radius 3 is 2.44 bits per heavy atom. The molecule has 0 aromatic rings. The number of aliphatic hydroxyl groups is 1. The van der Waals surface area contributed by atoms with Gasteiger partial charge < -0.3 is 15.7 Å². The van der Waals surface area contributed by atoms with E-state index in [1.165, 1.54) is 0 Å².